The summed E-state index contributed by atoms with van der Waals surface area (Å²) in [6, 6.07) is 93.8. The number of nitrogens with zero attached hydrogens (tertiary/aromatic N) is 2. The summed E-state index contributed by atoms with van der Waals surface area (Å²) in [5.74, 6) is 1.80. The van der Waals surface area contributed by atoms with Gasteiger partial charge in [0.1, 0.15) is 11.5 Å². The van der Waals surface area contributed by atoms with E-state index < -0.39 is 8.07 Å². The maximum atomic E-state index is 7.23. The number of ether oxygens (including phenoxy) is 1. The number of aromatic nitrogens is 2. The van der Waals surface area contributed by atoms with Crippen LogP contribution in [0.25, 0.3) is 88.0 Å². The molecular formula is C64H42N2OSi. The maximum absolute atomic E-state index is 7.23. The van der Waals surface area contributed by atoms with E-state index in [1.807, 2.05) is 0 Å². The Kier molecular flexibility index (Phi) is 8.60. The Balaban J connectivity index is 1.07. The van der Waals surface area contributed by atoms with Gasteiger partial charge in [-0.2, -0.15) is 0 Å². The van der Waals surface area contributed by atoms with Crippen molar-refractivity contribution in [3.05, 3.63) is 255 Å². The van der Waals surface area contributed by atoms with Crippen molar-refractivity contribution >= 4 is 83.2 Å². The zero-order chi connectivity index (χ0) is 44.8. The lowest BCUT2D eigenvalue weighted by Crippen LogP contribution is -2.76. The van der Waals surface area contributed by atoms with Crippen LogP contribution in [0.15, 0.2) is 255 Å². The molecule has 1 atom stereocenters. The van der Waals surface area contributed by atoms with Gasteiger partial charge < -0.3 is 13.9 Å². The van der Waals surface area contributed by atoms with E-state index in [1.54, 1.807) is 0 Å². The van der Waals surface area contributed by atoms with Crippen LogP contribution in [-0.2, 0) is 0 Å². The van der Waals surface area contributed by atoms with Crippen molar-refractivity contribution in [3.8, 4) is 45.1 Å². The van der Waals surface area contributed by atoms with Crippen molar-refractivity contribution in [2.75, 3.05) is 0 Å². The SMILES string of the molecule is c1ccc(-c2ccc(-c3ccc4c(c3)Oc3ccccc3[Si]4(c3ccc(-n4c5ccccc5c5ccccc54)cc3)c3cccc4c5ccccc5n(-c5ccccc5)c34)c3ccccc23)cc1. The average molecular weight is 883 g/mol. The minimum absolute atomic E-state index is 0.898. The highest BCUT2D eigenvalue weighted by Gasteiger charge is 2.49. The van der Waals surface area contributed by atoms with Crippen molar-refractivity contribution in [2.24, 2.45) is 0 Å². The van der Waals surface area contributed by atoms with Crippen LogP contribution in [0.2, 0.25) is 0 Å². The molecule has 0 fully saturated rings. The van der Waals surface area contributed by atoms with Gasteiger partial charge in [-0.15, -0.1) is 0 Å². The van der Waals surface area contributed by atoms with Crippen LogP contribution in [0.3, 0.4) is 0 Å². The molecule has 1 aliphatic rings. The van der Waals surface area contributed by atoms with Gasteiger partial charge in [0.2, 0.25) is 0 Å². The molecular weight excluding hydrogens is 841 g/mol. The molecule has 4 heteroatoms. The molecule has 0 bridgehead atoms. The van der Waals surface area contributed by atoms with E-state index in [0.29, 0.717) is 0 Å². The Bertz CT molecular complexity index is 4060. The monoisotopic (exact) mass is 882 g/mol. The van der Waals surface area contributed by atoms with Crippen molar-refractivity contribution in [1.82, 2.24) is 9.13 Å². The Labute approximate surface area is 395 Å². The molecule has 68 heavy (non-hydrogen) atoms. The van der Waals surface area contributed by atoms with Crippen molar-refractivity contribution in [3.63, 3.8) is 0 Å². The highest BCUT2D eigenvalue weighted by Crippen LogP contribution is 2.40. The summed E-state index contributed by atoms with van der Waals surface area (Å²) in [7, 11) is -3.27. The summed E-state index contributed by atoms with van der Waals surface area (Å²) < 4.78 is 12.2. The van der Waals surface area contributed by atoms with Gasteiger partial charge in [-0.3, -0.25) is 0 Å². The highest BCUT2D eigenvalue weighted by molar-refractivity contribution is 7.21. The largest absolute Gasteiger partial charge is 0.458 e. The molecule has 14 rings (SSSR count). The molecule has 3 nitrogen and oxygen atoms in total. The first-order valence-electron chi connectivity index (χ1n) is 23.4. The molecule has 0 N–H and O–H groups in total. The number of hydrogen-bond donors (Lipinski definition) is 0. The number of hydrogen-bond acceptors (Lipinski definition) is 1. The molecule has 0 radical (unpaired) electrons. The highest BCUT2D eigenvalue weighted by atomic mass is 28.3. The van der Waals surface area contributed by atoms with Crippen LogP contribution in [0, 0.1) is 0 Å². The summed E-state index contributed by atoms with van der Waals surface area (Å²) >= 11 is 0. The zero-order valence-corrected chi connectivity index (χ0v) is 38.1. The zero-order valence-electron chi connectivity index (χ0n) is 37.1. The standard InChI is InChI=1S/C64H42N2OSi/c1-3-18-43(19-4-1)48-39-40-49(51-23-8-7-22-50(48)51)44-34-41-62-60(42-44)67-59-31-15-16-32-61(59)68(62,47-37-35-46(36-38-47)65-56-28-12-9-24-52(56)53-25-10-13-29-57(53)65)63-33-17-27-55-54-26-11-14-30-58(54)66(64(55)63)45-20-5-2-6-21-45/h1-42H. The van der Waals surface area contributed by atoms with Crippen molar-refractivity contribution < 1.29 is 4.74 Å². The van der Waals surface area contributed by atoms with Gasteiger partial charge in [-0.05, 0) is 108 Å². The third-order valence-electron chi connectivity index (χ3n) is 14.5. The molecule has 0 saturated heterocycles. The molecule has 318 valence electrons. The average Bonchev–Trinajstić information content (AvgIpc) is 3.94. The third kappa shape index (κ3) is 5.59. The first-order valence-corrected chi connectivity index (χ1v) is 25.4. The van der Waals surface area contributed by atoms with Gasteiger partial charge >= 0.3 is 0 Å². The minimum atomic E-state index is -3.27. The molecule has 2 aromatic heterocycles. The Morgan fingerprint density at radius 2 is 0.779 bits per heavy atom. The second kappa shape index (κ2) is 15.2. The number of para-hydroxylation sites is 6. The molecule has 1 unspecified atom stereocenters. The summed E-state index contributed by atoms with van der Waals surface area (Å²) in [5, 5.41) is 12.5. The van der Waals surface area contributed by atoms with E-state index in [4.69, 9.17) is 4.74 Å². The van der Waals surface area contributed by atoms with Crippen LogP contribution in [-0.4, -0.2) is 17.2 Å². The van der Waals surface area contributed by atoms with Gasteiger partial charge in [0.05, 0.1) is 22.1 Å². The topological polar surface area (TPSA) is 19.1 Å². The molecule has 0 saturated carbocycles. The van der Waals surface area contributed by atoms with Gasteiger partial charge in [0, 0.05) is 32.9 Å². The van der Waals surface area contributed by atoms with Crippen molar-refractivity contribution in [2.45, 2.75) is 0 Å². The van der Waals surface area contributed by atoms with Crippen LogP contribution in [0.1, 0.15) is 0 Å². The van der Waals surface area contributed by atoms with E-state index in [9.17, 15) is 0 Å². The van der Waals surface area contributed by atoms with E-state index in [1.165, 1.54) is 91.8 Å². The van der Waals surface area contributed by atoms with E-state index in [0.717, 1.165) is 28.4 Å². The first-order chi connectivity index (χ1) is 33.8. The predicted octanol–water partition coefficient (Wildman–Crippen LogP) is 13.9. The van der Waals surface area contributed by atoms with Crippen LogP contribution >= 0.6 is 0 Å². The van der Waals surface area contributed by atoms with Crippen molar-refractivity contribution in [1.29, 1.82) is 0 Å². The smallest absolute Gasteiger partial charge is 0.190 e. The second-order valence-electron chi connectivity index (χ2n) is 17.9. The first kappa shape index (κ1) is 38.6. The second-order valence-corrected chi connectivity index (χ2v) is 21.6. The number of fused-ring (bicyclic) bond motifs is 9. The Morgan fingerprint density at radius 1 is 0.294 bits per heavy atom. The molecule has 0 spiro atoms. The molecule has 11 aromatic carbocycles. The van der Waals surface area contributed by atoms with E-state index in [-0.39, 0.29) is 0 Å². The predicted molar refractivity (Wildman–Crippen MR) is 287 cm³/mol. The Morgan fingerprint density at radius 3 is 1.46 bits per heavy atom. The van der Waals surface area contributed by atoms with Crippen LogP contribution in [0.4, 0.5) is 0 Å². The van der Waals surface area contributed by atoms with Crippen LogP contribution in [0.5, 0.6) is 11.5 Å². The summed E-state index contributed by atoms with van der Waals surface area (Å²) in [5.41, 5.74) is 11.8. The third-order valence-corrected chi connectivity index (χ3v) is 19.3. The lowest BCUT2D eigenvalue weighted by Gasteiger charge is -2.40. The van der Waals surface area contributed by atoms with E-state index >= 15 is 0 Å². The van der Waals surface area contributed by atoms with E-state index in [2.05, 4.69) is 264 Å². The summed E-state index contributed by atoms with van der Waals surface area (Å²) in [6.07, 6.45) is 0. The molecule has 1 aliphatic heterocycles. The molecule has 0 aliphatic carbocycles. The van der Waals surface area contributed by atoms with Gasteiger partial charge in [0.25, 0.3) is 0 Å². The number of rotatable bonds is 6. The Hall–Kier alpha value is -8.70. The van der Waals surface area contributed by atoms with Gasteiger partial charge in [-0.1, -0.05) is 200 Å². The number of benzene rings is 11. The van der Waals surface area contributed by atoms with Gasteiger partial charge in [0.15, 0.2) is 8.07 Å². The lowest BCUT2D eigenvalue weighted by atomic mass is 9.92. The molecule has 3 heterocycles. The quantitative estimate of drug-likeness (QED) is 0.152. The summed E-state index contributed by atoms with van der Waals surface area (Å²) in [4.78, 5) is 0. The molecule has 0 amide bonds. The normalized spacial score (nSPS) is 14.4. The van der Waals surface area contributed by atoms with Gasteiger partial charge in [-0.25, -0.2) is 0 Å². The maximum Gasteiger partial charge on any atom is 0.190 e. The molecule has 13 aromatic rings. The fourth-order valence-electron chi connectivity index (χ4n) is 11.6. The summed E-state index contributed by atoms with van der Waals surface area (Å²) in [6.45, 7) is 0. The van der Waals surface area contributed by atoms with Crippen LogP contribution < -0.4 is 25.5 Å². The fraction of sp³-hybridized carbons (Fsp3) is 0. The lowest BCUT2D eigenvalue weighted by molar-refractivity contribution is 0.487. The minimum Gasteiger partial charge on any atom is -0.458 e. The fourth-order valence-corrected chi connectivity index (χ4v) is 16.7.